The highest BCUT2D eigenvalue weighted by Crippen LogP contribution is 2.33. The molecule has 108 valence electrons. The van der Waals surface area contributed by atoms with Crippen molar-refractivity contribution in [1.29, 1.82) is 0 Å². The van der Waals surface area contributed by atoms with Crippen LogP contribution in [0.5, 0.6) is 0 Å². The topological polar surface area (TPSA) is 52.6 Å². The van der Waals surface area contributed by atoms with Crippen molar-refractivity contribution in [3.63, 3.8) is 0 Å². The van der Waals surface area contributed by atoms with E-state index in [1.54, 1.807) is 0 Å². The lowest BCUT2D eigenvalue weighted by atomic mass is 9.83. The number of ether oxygens (including phenoxy) is 2. The molecule has 1 saturated heterocycles. The summed E-state index contributed by atoms with van der Waals surface area (Å²) in [5.41, 5.74) is -0.356. The normalized spacial score (nSPS) is 19.9. The van der Waals surface area contributed by atoms with E-state index in [9.17, 15) is 8.42 Å². The molecule has 0 atom stereocenters. The molecule has 0 N–H and O–H groups in total. The lowest BCUT2D eigenvalue weighted by Gasteiger charge is -2.35. The van der Waals surface area contributed by atoms with Crippen molar-refractivity contribution in [3.05, 3.63) is 0 Å². The molecule has 1 rings (SSSR count). The van der Waals surface area contributed by atoms with E-state index < -0.39 is 9.05 Å². The molecule has 0 aromatic carbocycles. The minimum Gasteiger partial charge on any atom is -0.381 e. The average Bonchev–Trinajstić information content (AvgIpc) is 2.27. The zero-order valence-electron chi connectivity index (χ0n) is 11.0. The summed E-state index contributed by atoms with van der Waals surface area (Å²) < 4.78 is 33.6. The Kier molecular flexibility index (Phi) is 6.92. The molecule has 1 fully saturated rings. The van der Waals surface area contributed by atoms with Crippen LogP contribution in [0.25, 0.3) is 0 Å². The predicted molar refractivity (Wildman–Crippen MR) is 72.5 cm³/mol. The van der Waals surface area contributed by atoms with Crippen LogP contribution in [0.15, 0.2) is 0 Å². The molecule has 1 heterocycles. The first-order valence-electron chi connectivity index (χ1n) is 6.55. The van der Waals surface area contributed by atoms with Crippen molar-refractivity contribution in [3.8, 4) is 0 Å². The number of hydrogen-bond acceptors (Lipinski definition) is 4. The summed E-state index contributed by atoms with van der Waals surface area (Å²) >= 11 is 0. The van der Waals surface area contributed by atoms with Crippen LogP contribution in [0, 0.1) is 5.41 Å². The van der Waals surface area contributed by atoms with E-state index in [-0.39, 0.29) is 11.2 Å². The van der Waals surface area contributed by atoms with Crippen molar-refractivity contribution >= 4 is 19.7 Å². The Morgan fingerprint density at radius 2 is 1.94 bits per heavy atom. The maximum atomic E-state index is 11.3. The first kappa shape index (κ1) is 16.2. The van der Waals surface area contributed by atoms with Gasteiger partial charge in [-0.2, -0.15) is 0 Å². The first-order chi connectivity index (χ1) is 8.47. The average molecular weight is 299 g/mol. The Morgan fingerprint density at radius 3 is 2.50 bits per heavy atom. The van der Waals surface area contributed by atoms with Gasteiger partial charge in [-0.05, 0) is 19.3 Å². The van der Waals surface area contributed by atoms with E-state index in [1.165, 1.54) is 0 Å². The second kappa shape index (κ2) is 7.68. The van der Waals surface area contributed by atoms with Crippen LogP contribution in [-0.4, -0.2) is 40.6 Å². The minimum atomic E-state index is -3.49. The quantitative estimate of drug-likeness (QED) is 0.510. The van der Waals surface area contributed by atoms with Gasteiger partial charge in [0.25, 0.3) is 0 Å². The fourth-order valence-corrected chi connectivity index (χ4v) is 4.04. The summed E-state index contributed by atoms with van der Waals surface area (Å²) in [6.45, 7) is 4.47. The largest absolute Gasteiger partial charge is 0.381 e. The molecule has 0 aliphatic carbocycles. The molecule has 6 heteroatoms. The molecule has 18 heavy (non-hydrogen) atoms. The van der Waals surface area contributed by atoms with Gasteiger partial charge in [0.1, 0.15) is 0 Å². The Morgan fingerprint density at radius 1 is 1.28 bits per heavy atom. The van der Waals surface area contributed by atoms with E-state index in [2.05, 4.69) is 6.92 Å². The smallest absolute Gasteiger partial charge is 0.233 e. The predicted octanol–water partition coefficient (Wildman–Crippen LogP) is 2.56. The van der Waals surface area contributed by atoms with Crippen molar-refractivity contribution in [2.45, 2.75) is 39.0 Å². The molecule has 0 saturated carbocycles. The van der Waals surface area contributed by atoms with Crippen LogP contribution in [0.1, 0.15) is 39.0 Å². The third kappa shape index (κ3) is 6.36. The van der Waals surface area contributed by atoms with E-state index in [1.807, 2.05) is 0 Å². The Hall–Kier alpha value is 0.160. The van der Waals surface area contributed by atoms with Crippen molar-refractivity contribution < 1.29 is 17.9 Å². The van der Waals surface area contributed by atoms with Gasteiger partial charge in [-0.25, -0.2) is 8.42 Å². The number of hydrogen-bond donors (Lipinski definition) is 0. The van der Waals surface area contributed by atoms with Gasteiger partial charge in [0.15, 0.2) is 0 Å². The summed E-state index contributed by atoms with van der Waals surface area (Å²) in [5.74, 6) is -0.0152. The van der Waals surface area contributed by atoms with Crippen LogP contribution in [0.4, 0.5) is 0 Å². The molecule has 0 aromatic rings. The summed E-state index contributed by atoms with van der Waals surface area (Å²) in [6, 6.07) is 0. The molecule has 0 aromatic heterocycles. The van der Waals surface area contributed by atoms with Gasteiger partial charge in [-0.3, -0.25) is 0 Å². The summed E-state index contributed by atoms with van der Waals surface area (Å²) in [4.78, 5) is 0. The molecular formula is C12H23ClO4S. The molecule has 0 radical (unpaired) electrons. The van der Waals surface area contributed by atoms with Gasteiger partial charge in [0, 0.05) is 35.9 Å². The monoisotopic (exact) mass is 298 g/mol. The van der Waals surface area contributed by atoms with Crippen molar-refractivity contribution in [1.82, 2.24) is 0 Å². The Balaban J connectivity index is 2.45. The zero-order chi connectivity index (χ0) is 13.5. The molecule has 4 nitrogen and oxygen atoms in total. The van der Waals surface area contributed by atoms with E-state index in [0.29, 0.717) is 39.3 Å². The van der Waals surface area contributed by atoms with Crippen LogP contribution >= 0.6 is 10.7 Å². The fraction of sp³-hybridized carbons (Fsp3) is 1.00. The van der Waals surface area contributed by atoms with Gasteiger partial charge in [-0.15, -0.1) is 0 Å². The van der Waals surface area contributed by atoms with Gasteiger partial charge in [0.05, 0.1) is 12.4 Å². The van der Waals surface area contributed by atoms with Crippen molar-refractivity contribution in [2.24, 2.45) is 5.41 Å². The highest BCUT2D eigenvalue weighted by Gasteiger charge is 2.37. The molecule has 0 amide bonds. The third-order valence-electron chi connectivity index (χ3n) is 3.33. The molecule has 0 bridgehead atoms. The Labute approximate surface area is 114 Å². The molecule has 0 unspecified atom stereocenters. The van der Waals surface area contributed by atoms with Gasteiger partial charge < -0.3 is 9.47 Å². The van der Waals surface area contributed by atoms with Gasteiger partial charge in [-0.1, -0.05) is 19.8 Å². The molecule has 1 aliphatic rings. The zero-order valence-corrected chi connectivity index (χ0v) is 12.6. The van der Waals surface area contributed by atoms with Crippen LogP contribution in [0.2, 0.25) is 0 Å². The Bertz CT molecular complexity index is 323. The fourth-order valence-electron chi connectivity index (χ4n) is 2.24. The van der Waals surface area contributed by atoms with Crippen LogP contribution < -0.4 is 0 Å². The van der Waals surface area contributed by atoms with Gasteiger partial charge in [0.2, 0.25) is 9.05 Å². The lowest BCUT2D eigenvalue weighted by molar-refractivity contribution is -0.0283. The van der Waals surface area contributed by atoms with Crippen LogP contribution in [0.3, 0.4) is 0 Å². The second-order valence-electron chi connectivity index (χ2n) is 5.06. The summed E-state index contributed by atoms with van der Waals surface area (Å²) in [5, 5.41) is 0. The van der Waals surface area contributed by atoms with E-state index in [4.69, 9.17) is 20.2 Å². The molecular weight excluding hydrogens is 276 g/mol. The maximum absolute atomic E-state index is 11.3. The number of rotatable bonds is 8. The van der Waals surface area contributed by atoms with Crippen LogP contribution in [-0.2, 0) is 18.5 Å². The SMILES string of the molecule is CCCCCOCC1(CS(=O)(=O)Cl)CCOCC1. The summed E-state index contributed by atoms with van der Waals surface area (Å²) in [7, 11) is 1.90. The van der Waals surface area contributed by atoms with Crippen molar-refractivity contribution in [2.75, 3.05) is 32.2 Å². The van der Waals surface area contributed by atoms with E-state index >= 15 is 0 Å². The highest BCUT2D eigenvalue weighted by molar-refractivity contribution is 8.13. The van der Waals surface area contributed by atoms with E-state index in [0.717, 1.165) is 19.3 Å². The maximum Gasteiger partial charge on any atom is 0.233 e. The first-order valence-corrected chi connectivity index (χ1v) is 9.03. The second-order valence-corrected chi connectivity index (χ2v) is 7.83. The highest BCUT2D eigenvalue weighted by atomic mass is 35.7. The third-order valence-corrected chi connectivity index (χ3v) is 4.62. The molecule has 0 spiro atoms. The summed E-state index contributed by atoms with van der Waals surface area (Å²) in [6.07, 6.45) is 4.72. The standard InChI is InChI=1S/C12H23ClO4S/c1-2-3-4-7-17-10-12(11-18(13,14)15)5-8-16-9-6-12/h2-11H2,1H3. The minimum absolute atomic E-state index is 0.0152. The lowest BCUT2D eigenvalue weighted by Crippen LogP contribution is -2.39. The number of unbranched alkanes of at least 4 members (excludes halogenated alkanes) is 2. The number of halogens is 1. The van der Waals surface area contributed by atoms with Gasteiger partial charge >= 0.3 is 0 Å². The molecule has 1 aliphatic heterocycles.